The van der Waals surface area contributed by atoms with Gasteiger partial charge in [0.1, 0.15) is 0 Å². The summed E-state index contributed by atoms with van der Waals surface area (Å²) in [5, 5.41) is 0. The van der Waals surface area contributed by atoms with E-state index in [1.807, 2.05) is 0 Å². The number of hydrogen-bond acceptors (Lipinski definition) is 3. The molecule has 0 spiro atoms. The molecule has 0 amide bonds. The van der Waals surface area contributed by atoms with Gasteiger partial charge in [-0.3, -0.25) is 4.90 Å². The molecule has 1 heterocycles. The molecule has 0 bridgehead atoms. The minimum atomic E-state index is 0.210. The number of hydrogen-bond donors (Lipinski definition) is 1. The fraction of sp³-hybridized carbons (Fsp3) is 0.667. The van der Waals surface area contributed by atoms with E-state index in [-0.39, 0.29) is 6.04 Å². The Morgan fingerprint density at radius 3 is 2.38 bits per heavy atom. The smallest absolute Gasteiger partial charge is 0.0501 e. The number of nitrogens with two attached hydrogens (primary N) is 1. The van der Waals surface area contributed by atoms with Gasteiger partial charge in [0.15, 0.2) is 0 Å². The van der Waals surface area contributed by atoms with E-state index in [9.17, 15) is 0 Å². The first-order valence-corrected chi connectivity index (χ1v) is 8.26. The Balaban J connectivity index is 2.17. The molecule has 2 atom stereocenters. The predicted molar refractivity (Wildman–Crippen MR) is 90.5 cm³/mol. The summed E-state index contributed by atoms with van der Waals surface area (Å²) in [4.78, 5) is 4.97. The summed E-state index contributed by atoms with van der Waals surface area (Å²) in [6.07, 6.45) is 3.50. The van der Waals surface area contributed by atoms with Gasteiger partial charge in [-0.1, -0.05) is 31.2 Å². The van der Waals surface area contributed by atoms with Crippen LogP contribution in [-0.4, -0.2) is 49.1 Å². The van der Waals surface area contributed by atoms with Gasteiger partial charge in [-0.05, 0) is 51.4 Å². The van der Waals surface area contributed by atoms with E-state index < -0.39 is 0 Å². The first-order chi connectivity index (χ1) is 10.0. The number of piperidine rings is 1. The first-order valence-electron chi connectivity index (χ1n) is 8.26. The largest absolute Gasteiger partial charge is 0.326 e. The van der Waals surface area contributed by atoms with Crippen LogP contribution in [0.1, 0.15) is 43.4 Å². The highest BCUT2D eigenvalue weighted by atomic mass is 15.2. The van der Waals surface area contributed by atoms with Crippen molar-refractivity contribution in [1.29, 1.82) is 0 Å². The molecule has 3 nitrogen and oxygen atoms in total. The van der Waals surface area contributed by atoms with Crippen LogP contribution >= 0.6 is 0 Å². The summed E-state index contributed by atoms with van der Waals surface area (Å²) in [7, 11) is 4.38. The second-order valence-electron chi connectivity index (χ2n) is 6.60. The first kappa shape index (κ1) is 16.5. The van der Waals surface area contributed by atoms with Crippen LogP contribution in [0.3, 0.4) is 0 Å². The van der Waals surface area contributed by atoms with Gasteiger partial charge in [0.25, 0.3) is 0 Å². The van der Waals surface area contributed by atoms with E-state index in [1.165, 1.54) is 24.0 Å². The molecule has 0 saturated carbocycles. The summed E-state index contributed by atoms with van der Waals surface area (Å²) < 4.78 is 0. The number of likely N-dealkylation sites (tertiary alicyclic amines) is 1. The topological polar surface area (TPSA) is 32.5 Å². The van der Waals surface area contributed by atoms with Crippen molar-refractivity contribution in [3.63, 3.8) is 0 Å². The van der Waals surface area contributed by atoms with Crippen LogP contribution < -0.4 is 5.73 Å². The Labute approximate surface area is 130 Å². The van der Waals surface area contributed by atoms with Crippen LogP contribution in [0.5, 0.6) is 0 Å². The lowest BCUT2D eigenvalue weighted by Crippen LogP contribution is -2.48. The van der Waals surface area contributed by atoms with E-state index in [2.05, 4.69) is 62.0 Å². The lowest BCUT2D eigenvalue weighted by Gasteiger charge is -2.42. The molecule has 3 heteroatoms. The lowest BCUT2D eigenvalue weighted by atomic mass is 9.90. The number of rotatable bonds is 5. The molecule has 1 aromatic rings. The number of benzene rings is 1. The minimum absolute atomic E-state index is 0.210. The van der Waals surface area contributed by atoms with Crippen molar-refractivity contribution in [3.8, 4) is 0 Å². The van der Waals surface area contributed by atoms with E-state index in [1.54, 1.807) is 0 Å². The zero-order valence-electron chi connectivity index (χ0n) is 14.0. The van der Waals surface area contributed by atoms with Gasteiger partial charge in [-0.25, -0.2) is 0 Å². The van der Waals surface area contributed by atoms with Crippen LogP contribution in [0.4, 0.5) is 0 Å². The van der Waals surface area contributed by atoms with Crippen LogP contribution in [-0.2, 0) is 0 Å². The zero-order valence-corrected chi connectivity index (χ0v) is 14.0. The molecule has 1 aliphatic heterocycles. The summed E-state index contributed by atoms with van der Waals surface area (Å²) in [6, 6.07) is 10.0. The third-order valence-corrected chi connectivity index (χ3v) is 5.01. The molecule has 118 valence electrons. The fourth-order valence-corrected chi connectivity index (χ4v) is 3.52. The molecule has 2 N–H and O–H groups in total. The fourth-order valence-electron chi connectivity index (χ4n) is 3.52. The van der Waals surface area contributed by atoms with Crippen molar-refractivity contribution in [2.75, 3.05) is 27.2 Å². The highest BCUT2D eigenvalue weighted by molar-refractivity contribution is 5.30. The number of aryl methyl sites for hydroxylation is 1. The molecule has 1 saturated heterocycles. The third kappa shape index (κ3) is 3.85. The maximum absolute atomic E-state index is 6.49. The maximum atomic E-state index is 6.49. The molecule has 1 aliphatic rings. The van der Waals surface area contributed by atoms with Gasteiger partial charge < -0.3 is 10.6 Å². The van der Waals surface area contributed by atoms with Crippen LogP contribution in [0.25, 0.3) is 0 Å². The van der Waals surface area contributed by atoms with Gasteiger partial charge in [0.05, 0.1) is 6.04 Å². The Morgan fingerprint density at radius 1 is 1.24 bits per heavy atom. The van der Waals surface area contributed by atoms with Crippen molar-refractivity contribution in [2.45, 2.75) is 51.2 Å². The van der Waals surface area contributed by atoms with Crippen LogP contribution in [0.15, 0.2) is 24.3 Å². The van der Waals surface area contributed by atoms with Gasteiger partial charge in [-0.15, -0.1) is 0 Å². The van der Waals surface area contributed by atoms with Gasteiger partial charge in [-0.2, -0.15) is 0 Å². The Morgan fingerprint density at radius 2 is 1.86 bits per heavy atom. The maximum Gasteiger partial charge on any atom is 0.0501 e. The standard InChI is InChI=1S/C18H31N3/c1-5-17(19)18(16-9-7-6-8-14(16)2)21-12-10-15(11-13-21)20(3)4/h6-9,15,17-18H,5,10-13,19H2,1-4H3. The summed E-state index contributed by atoms with van der Waals surface area (Å²) in [6.45, 7) is 6.70. The Hall–Kier alpha value is -0.900. The average Bonchev–Trinajstić information content (AvgIpc) is 2.49. The zero-order chi connectivity index (χ0) is 15.4. The van der Waals surface area contributed by atoms with Crippen molar-refractivity contribution < 1.29 is 0 Å². The Bertz CT molecular complexity index is 436. The molecule has 0 radical (unpaired) electrons. The minimum Gasteiger partial charge on any atom is -0.326 e. The predicted octanol–water partition coefficient (Wildman–Crippen LogP) is 2.80. The van der Waals surface area contributed by atoms with Gasteiger partial charge >= 0.3 is 0 Å². The molecule has 0 aromatic heterocycles. The normalized spacial score (nSPS) is 20.7. The number of nitrogens with zero attached hydrogens (tertiary/aromatic N) is 2. The quantitative estimate of drug-likeness (QED) is 0.904. The molecule has 2 unspecified atom stereocenters. The van der Waals surface area contributed by atoms with Gasteiger partial charge in [0.2, 0.25) is 0 Å². The van der Waals surface area contributed by atoms with E-state index >= 15 is 0 Å². The van der Waals surface area contributed by atoms with Crippen molar-refractivity contribution in [3.05, 3.63) is 35.4 Å². The summed E-state index contributed by atoms with van der Waals surface area (Å²) in [5.74, 6) is 0. The van der Waals surface area contributed by atoms with Gasteiger partial charge in [0, 0.05) is 25.2 Å². The molecule has 0 aliphatic carbocycles. The van der Waals surface area contributed by atoms with E-state index in [0.717, 1.165) is 25.6 Å². The average molecular weight is 289 g/mol. The van der Waals surface area contributed by atoms with Crippen LogP contribution in [0, 0.1) is 6.92 Å². The SMILES string of the molecule is CCC(N)C(c1ccccc1C)N1CCC(N(C)C)CC1. The lowest BCUT2D eigenvalue weighted by molar-refractivity contribution is 0.0945. The Kier molecular flexibility index (Phi) is 5.80. The highest BCUT2D eigenvalue weighted by Crippen LogP contribution is 2.30. The van der Waals surface area contributed by atoms with E-state index in [0.29, 0.717) is 6.04 Å². The summed E-state index contributed by atoms with van der Waals surface area (Å²) in [5.41, 5.74) is 9.27. The van der Waals surface area contributed by atoms with Crippen molar-refractivity contribution in [1.82, 2.24) is 9.80 Å². The van der Waals surface area contributed by atoms with Crippen molar-refractivity contribution in [2.24, 2.45) is 5.73 Å². The second kappa shape index (κ2) is 7.39. The molecule has 2 rings (SSSR count). The molecular weight excluding hydrogens is 258 g/mol. The monoisotopic (exact) mass is 289 g/mol. The second-order valence-corrected chi connectivity index (χ2v) is 6.60. The molecular formula is C18H31N3. The van der Waals surface area contributed by atoms with E-state index in [4.69, 9.17) is 5.73 Å². The third-order valence-electron chi connectivity index (χ3n) is 5.01. The highest BCUT2D eigenvalue weighted by Gasteiger charge is 2.30. The molecule has 21 heavy (non-hydrogen) atoms. The summed E-state index contributed by atoms with van der Waals surface area (Å²) >= 11 is 0. The molecule has 1 aromatic carbocycles. The molecule has 1 fully saturated rings. The van der Waals surface area contributed by atoms with Crippen molar-refractivity contribution >= 4 is 0 Å². The van der Waals surface area contributed by atoms with Crippen LogP contribution in [0.2, 0.25) is 0 Å².